The fourth-order valence-electron chi connectivity index (χ4n) is 3.60. The number of anilines is 3. The summed E-state index contributed by atoms with van der Waals surface area (Å²) in [4.78, 5) is 26.6. The summed E-state index contributed by atoms with van der Waals surface area (Å²) in [6, 6.07) is 11.1. The number of aromatic carboxylic acids is 1. The van der Waals surface area contributed by atoms with Gasteiger partial charge in [-0.05, 0) is 18.2 Å². The number of rotatable bonds is 5. The van der Waals surface area contributed by atoms with E-state index in [1.54, 1.807) is 6.07 Å². The van der Waals surface area contributed by atoms with Gasteiger partial charge in [-0.2, -0.15) is 10.1 Å². The highest BCUT2D eigenvalue weighted by molar-refractivity contribution is 5.86. The van der Waals surface area contributed by atoms with E-state index in [1.807, 2.05) is 36.1 Å². The molecule has 5 rings (SSSR count). The fourth-order valence-corrected chi connectivity index (χ4v) is 3.60. The topological polar surface area (TPSA) is 118 Å². The van der Waals surface area contributed by atoms with Crippen LogP contribution in [0.5, 0.6) is 0 Å². The average Bonchev–Trinajstić information content (AvgIpc) is 3.20. The number of ether oxygens (including phenoxy) is 1. The maximum absolute atomic E-state index is 11.1. The number of carboxylic acid groups (broad SMARTS) is 1. The zero-order valence-electron chi connectivity index (χ0n) is 17.4. The van der Waals surface area contributed by atoms with Crippen molar-refractivity contribution >= 4 is 34.3 Å². The van der Waals surface area contributed by atoms with Crippen molar-refractivity contribution in [3.63, 3.8) is 0 Å². The maximum atomic E-state index is 11.1. The van der Waals surface area contributed by atoms with Crippen LogP contribution in [0.2, 0.25) is 0 Å². The lowest BCUT2D eigenvalue weighted by Crippen LogP contribution is -2.37. The molecule has 10 heteroatoms. The quantitative estimate of drug-likeness (QED) is 0.492. The number of aromatic nitrogens is 5. The van der Waals surface area contributed by atoms with Gasteiger partial charge in [0.2, 0.25) is 5.95 Å². The van der Waals surface area contributed by atoms with Crippen LogP contribution < -0.4 is 10.2 Å². The van der Waals surface area contributed by atoms with E-state index < -0.39 is 5.97 Å². The highest BCUT2D eigenvalue weighted by Crippen LogP contribution is 2.28. The summed E-state index contributed by atoms with van der Waals surface area (Å²) in [6.07, 6.45) is 3.31. The van der Waals surface area contributed by atoms with Gasteiger partial charge >= 0.3 is 5.97 Å². The number of hydrogen-bond acceptors (Lipinski definition) is 8. The average molecular weight is 431 g/mol. The maximum Gasteiger partial charge on any atom is 0.354 e. The van der Waals surface area contributed by atoms with E-state index in [0.29, 0.717) is 43.8 Å². The van der Waals surface area contributed by atoms with Crippen LogP contribution in [0.4, 0.5) is 17.5 Å². The van der Waals surface area contributed by atoms with Crippen molar-refractivity contribution in [3.8, 4) is 11.3 Å². The van der Waals surface area contributed by atoms with Gasteiger partial charge in [0.1, 0.15) is 11.5 Å². The van der Waals surface area contributed by atoms with Crippen LogP contribution in [0.15, 0.2) is 48.8 Å². The monoisotopic (exact) mass is 431 g/mol. The van der Waals surface area contributed by atoms with Gasteiger partial charge in [-0.1, -0.05) is 12.1 Å². The molecule has 1 saturated heterocycles. The molecule has 162 valence electrons. The van der Waals surface area contributed by atoms with Gasteiger partial charge in [-0.3, -0.25) is 4.68 Å². The number of carbonyl (C=O) groups is 1. The number of aryl methyl sites for hydroxylation is 1. The smallest absolute Gasteiger partial charge is 0.354 e. The number of fused-ring (bicyclic) bond motifs is 1. The first-order valence-corrected chi connectivity index (χ1v) is 10.2. The van der Waals surface area contributed by atoms with Crippen LogP contribution in [0, 0.1) is 0 Å². The molecular formula is C22H21N7O3. The Bertz CT molecular complexity index is 1280. The van der Waals surface area contributed by atoms with Gasteiger partial charge in [-0.25, -0.2) is 14.8 Å². The first-order valence-electron chi connectivity index (χ1n) is 10.2. The molecule has 1 aliphatic heterocycles. The Balaban J connectivity index is 1.54. The summed E-state index contributed by atoms with van der Waals surface area (Å²) < 4.78 is 7.30. The number of pyridine rings is 1. The molecule has 0 bridgehead atoms. The van der Waals surface area contributed by atoms with Crippen LogP contribution in [0.25, 0.3) is 22.2 Å². The Hall–Kier alpha value is -4.05. The molecule has 0 saturated carbocycles. The molecule has 0 spiro atoms. The van der Waals surface area contributed by atoms with Crippen molar-refractivity contribution < 1.29 is 14.6 Å². The minimum Gasteiger partial charge on any atom is -0.477 e. The molecule has 1 aromatic carbocycles. The molecule has 10 nitrogen and oxygen atoms in total. The minimum atomic E-state index is -1.07. The van der Waals surface area contributed by atoms with Gasteiger partial charge in [0.15, 0.2) is 0 Å². The number of carboxylic acids is 1. The summed E-state index contributed by atoms with van der Waals surface area (Å²) in [6.45, 7) is 2.66. The second-order valence-corrected chi connectivity index (χ2v) is 7.44. The van der Waals surface area contributed by atoms with Crippen molar-refractivity contribution in [2.45, 2.75) is 0 Å². The zero-order chi connectivity index (χ0) is 22.1. The van der Waals surface area contributed by atoms with Crippen molar-refractivity contribution in [1.82, 2.24) is 24.7 Å². The molecule has 32 heavy (non-hydrogen) atoms. The molecule has 0 aliphatic carbocycles. The molecule has 1 fully saturated rings. The van der Waals surface area contributed by atoms with E-state index in [2.05, 4.69) is 26.4 Å². The van der Waals surface area contributed by atoms with Gasteiger partial charge in [0, 0.05) is 37.2 Å². The van der Waals surface area contributed by atoms with Crippen LogP contribution in [0.3, 0.4) is 0 Å². The SMILES string of the molecule is Cn1ncc2ccc(-c3cc(Nc4ccc(C(=O)O)nc4)nc(N4CCOCC4)n3)cc21. The molecule has 1 aliphatic rings. The van der Waals surface area contributed by atoms with Gasteiger partial charge < -0.3 is 20.1 Å². The molecule has 0 unspecified atom stereocenters. The predicted octanol–water partition coefficient (Wildman–Crippen LogP) is 2.70. The van der Waals surface area contributed by atoms with E-state index in [1.165, 1.54) is 12.3 Å². The van der Waals surface area contributed by atoms with E-state index in [0.717, 1.165) is 22.2 Å². The fraction of sp³-hybridized carbons (Fsp3) is 0.227. The summed E-state index contributed by atoms with van der Waals surface area (Å²) in [5, 5.41) is 17.7. The lowest BCUT2D eigenvalue weighted by molar-refractivity contribution is 0.0690. The second kappa shape index (κ2) is 8.23. The van der Waals surface area contributed by atoms with Crippen molar-refractivity contribution in [2.24, 2.45) is 7.05 Å². The van der Waals surface area contributed by atoms with Crippen molar-refractivity contribution in [3.05, 3.63) is 54.5 Å². The number of morpholine rings is 1. The number of benzene rings is 1. The standard InChI is InChI=1S/C22H21N7O3/c1-28-19-10-14(2-3-15(19)12-24-28)18-11-20(25-16-4-5-17(21(30)31)23-13-16)27-22(26-18)29-6-8-32-9-7-29/h2-5,10-13H,6-9H2,1H3,(H,30,31)(H,25,26,27). The molecule has 2 N–H and O–H groups in total. The molecular weight excluding hydrogens is 410 g/mol. The zero-order valence-corrected chi connectivity index (χ0v) is 17.4. The highest BCUT2D eigenvalue weighted by Gasteiger charge is 2.17. The number of hydrogen-bond donors (Lipinski definition) is 2. The Morgan fingerprint density at radius 3 is 2.69 bits per heavy atom. The van der Waals surface area contributed by atoms with Crippen molar-refractivity contribution in [2.75, 3.05) is 36.5 Å². The molecule has 4 aromatic rings. The highest BCUT2D eigenvalue weighted by atomic mass is 16.5. The Kier molecular flexibility index (Phi) is 5.12. The van der Waals surface area contributed by atoms with E-state index in [-0.39, 0.29) is 5.69 Å². The Morgan fingerprint density at radius 2 is 1.94 bits per heavy atom. The minimum absolute atomic E-state index is 0.0163. The second-order valence-electron chi connectivity index (χ2n) is 7.44. The lowest BCUT2D eigenvalue weighted by Gasteiger charge is -2.27. The van der Waals surface area contributed by atoms with Crippen LogP contribution in [-0.4, -0.2) is 62.1 Å². The van der Waals surface area contributed by atoms with Crippen molar-refractivity contribution in [1.29, 1.82) is 0 Å². The van der Waals surface area contributed by atoms with E-state index in [9.17, 15) is 4.79 Å². The number of nitrogens with zero attached hydrogens (tertiary/aromatic N) is 6. The summed E-state index contributed by atoms with van der Waals surface area (Å²) >= 11 is 0. The third-order valence-corrected chi connectivity index (χ3v) is 5.31. The van der Waals surface area contributed by atoms with Crippen LogP contribution in [0.1, 0.15) is 10.5 Å². The molecule has 0 amide bonds. The summed E-state index contributed by atoms with van der Waals surface area (Å²) in [7, 11) is 1.91. The van der Waals surface area contributed by atoms with Crippen LogP contribution in [-0.2, 0) is 11.8 Å². The number of nitrogens with one attached hydrogen (secondary N) is 1. The summed E-state index contributed by atoms with van der Waals surface area (Å²) in [5.41, 5.74) is 3.34. The van der Waals surface area contributed by atoms with Gasteiger partial charge in [-0.15, -0.1) is 0 Å². The normalized spacial score (nSPS) is 14.0. The van der Waals surface area contributed by atoms with Crippen LogP contribution >= 0.6 is 0 Å². The lowest BCUT2D eigenvalue weighted by atomic mass is 10.1. The molecule has 4 heterocycles. The third kappa shape index (κ3) is 3.95. The van der Waals surface area contributed by atoms with E-state index in [4.69, 9.17) is 19.8 Å². The molecule has 0 radical (unpaired) electrons. The van der Waals surface area contributed by atoms with Gasteiger partial charge in [0.25, 0.3) is 0 Å². The Labute approximate surface area is 183 Å². The predicted molar refractivity (Wildman–Crippen MR) is 119 cm³/mol. The first-order chi connectivity index (χ1) is 15.6. The summed E-state index contributed by atoms with van der Waals surface area (Å²) in [5.74, 6) is 0.126. The van der Waals surface area contributed by atoms with E-state index >= 15 is 0 Å². The largest absolute Gasteiger partial charge is 0.477 e. The molecule has 0 atom stereocenters. The molecule has 3 aromatic heterocycles. The Morgan fingerprint density at radius 1 is 1.09 bits per heavy atom. The first kappa shape index (κ1) is 19.9. The van der Waals surface area contributed by atoms with Gasteiger partial charge in [0.05, 0.1) is 42.5 Å². The third-order valence-electron chi connectivity index (χ3n) is 5.31.